The smallest absolute Gasteiger partial charge is 0.334 e. The SMILES string of the molecule is C=C(C(CC1OC1(C)C)OC(=O)/C(C)=C\C)[C@@H]1[C@@H](OC(=O)/C(C)=C\C)[C@@H](O)[C@](C)(O)C(=O)[C@H]1OC(=O)/C(C)=C\C. The third-order valence-corrected chi connectivity index (χ3v) is 7.75. The second-order valence-electron chi connectivity index (χ2n) is 11.0. The topological polar surface area (TPSA) is 149 Å². The standard InChI is InChI=1S/C30H42O10/c1-11-15(4)26(33)37-19(14-20-29(8,9)40-20)18(7)21-22(38-27(34)16(5)12-2)24(31)30(10,36)25(32)23(21)39-28(35)17(6)13-3/h11-13,19-24,31,36H,7,14H2,1-6,8-10H3/b15-11-,16-12-,17-13-/t19?,20?,21-,22-,23+,24-,30+/m1/s1. The molecule has 222 valence electrons. The largest absolute Gasteiger partial charge is 0.455 e. The summed E-state index contributed by atoms with van der Waals surface area (Å²) in [7, 11) is 0. The van der Waals surface area contributed by atoms with Crippen LogP contribution in [-0.2, 0) is 38.1 Å². The number of esters is 3. The fourth-order valence-electron chi connectivity index (χ4n) is 4.30. The number of ether oxygens (including phenoxy) is 4. The van der Waals surface area contributed by atoms with Crippen LogP contribution in [0, 0.1) is 5.92 Å². The van der Waals surface area contributed by atoms with Crippen LogP contribution in [0.15, 0.2) is 47.1 Å². The van der Waals surface area contributed by atoms with E-state index in [-0.39, 0.29) is 29.2 Å². The maximum atomic E-state index is 13.5. The minimum Gasteiger partial charge on any atom is -0.455 e. The lowest BCUT2D eigenvalue weighted by Crippen LogP contribution is -2.67. The Morgan fingerprint density at radius 3 is 1.85 bits per heavy atom. The summed E-state index contributed by atoms with van der Waals surface area (Å²) in [6, 6.07) is 0. The van der Waals surface area contributed by atoms with Crippen molar-refractivity contribution in [1.82, 2.24) is 0 Å². The lowest BCUT2D eigenvalue weighted by atomic mass is 9.68. The monoisotopic (exact) mass is 562 g/mol. The average Bonchev–Trinajstić information content (AvgIpc) is 3.52. The number of rotatable bonds is 10. The molecule has 1 aliphatic carbocycles. The number of epoxide rings is 1. The summed E-state index contributed by atoms with van der Waals surface area (Å²) in [6.45, 7) is 18.3. The molecule has 1 saturated heterocycles. The van der Waals surface area contributed by atoms with Crippen LogP contribution in [0.25, 0.3) is 0 Å². The number of carbonyl (C=O) groups is 4. The first-order valence-corrected chi connectivity index (χ1v) is 13.3. The molecule has 2 aliphatic rings. The summed E-state index contributed by atoms with van der Waals surface area (Å²) in [4.78, 5) is 52.1. The molecule has 0 amide bonds. The summed E-state index contributed by atoms with van der Waals surface area (Å²) < 4.78 is 22.7. The Bertz CT molecular complexity index is 1140. The van der Waals surface area contributed by atoms with Gasteiger partial charge in [-0.15, -0.1) is 0 Å². The van der Waals surface area contributed by atoms with Gasteiger partial charge in [-0.25, -0.2) is 14.4 Å². The zero-order valence-electron chi connectivity index (χ0n) is 24.8. The highest BCUT2D eigenvalue weighted by Gasteiger charge is 2.61. The van der Waals surface area contributed by atoms with Gasteiger partial charge in [0.15, 0.2) is 11.7 Å². The molecular weight excluding hydrogens is 520 g/mol. The van der Waals surface area contributed by atoms with E-state index in [1.54, 1.807) is 33.8 Å². The number of hydrogen-bond donors (Lipinski definition) is 2. The third kappa shape index (κ3) is 6.97. The number of Topliss-reactive ketones (excluding diaryl/α,β-unsaturated/α-hetero) is 1. The van der Waals surface area contributed by atoms with E-state index in [0.717, 1.165) is 6.92 Å². The zero-order valence-corrected chi connectivity index (χ0v) is 24.8. The first kappa shape index (κ1) is 33.1. The van der Waals surface area contributed by atoms with Crippen LogP contribution in [0.1, 0.15) is 68.7 Å². The highest BCUT2D eigenvalue weighted by molar-refractivity contribution is 5.97. The minimum absolute atomic E-state index is 0.0540. The van der Waals surface area contributed by atoms with Gasteiger partial charge in [-0.05, 0) is 67.9 Å². The summed E-state index contributed by atoms with van der Waals surface area (Å²) in [5, 5.41) is 22.2. The molecule has 1 heterocycles. The average molecular weight is 563 g/mol. The predicted octanol–water partition coefficient (Wildman–Crippen LogP) is 3.05. The summed E-state index contributed by atoms with van der Waals surface area (Å²) >= 11 is 0. The molecule has 7 atom stereocenters. The molecular formula is C30H42O10. The molecule has 1 saturated carbocycles. The van der Waals surface area contributed by atoms with Crippen LogP contribution in [0.2, 0.25) is 0 Å². The van der Waals surface area contributed by atoms with Crippen molar-refractivity contribution in [3.63, 3.8) is 0 Å². The van der Waals surface area contributed by atoms with E-state index in [0.29, 0.717) is 5.57 Å². The van der Waals surface area contributed by atoms with E-state index in [4.69, 9.17) is 18.9 Å². The first-order chi connectivity index (χ1) is 18.4. The van der Waals surface area contributed by atoms with E-state index in [2.05, 4.69) is 6.58 Å². The van der Waals surface area contributed by atoms with Gasteiger partial charge in [-0.2, -0.15) is 0 Å². The molecule has 2 fully saturated rings. The Hall–Kier alpha value is -3.08. The maximum absolute atomic E-state index is 13.5. The molecule has 2 rings (SSSR count). The number of aliphatic hydroxyl groups is 2. The molecule has 10 nitrogen and oxygen atoms in total. The molecule has 0 bridgehead atoms. The second kappa shape index (κ2) is 12.6. The van der Waals surface area contributed by atoms with E-state index in [1.165, 1.54) is 26.0 Å². The van der Waals surface area contributed by atoms with Crippen LogP contribution in [0.5, 0.6) is 0 Å². The van der Waals surface area contributed by atoms with Gasteiger partial charge in [-0.3, -0.25) is 4.79 Å². The van der Waals surface area contributed by atoms with Crippen LogP contribution in [0.3, 0.4) is 0 Å². The highest BCUT2D eigenvalue weighted by Crippen LogP contribution is 2.44. The van der Waals surface area contributed by atoms with Crippen molar-refractivity contribution < 1.29 is 48.3 Å². The van der Waals surface area contributed by atoms with Crippen LogP contribution >= 0.6 is 0 Å². The fraction of sp³-hybridized carbons (Fsp3) is 0.600. The number of ketones is 1. The molecule has 0 aromatic heterocycles. The Balaban J connectivity index is 2.67. The molecule has 40 heavy (non-hydrogen) atoms. The van der Waals surface area contributed by atoms with E-state index >= 15 is 0 Å². The quantitative estimate of drug-likeness (QED) is 0.134. The molecule has 0 aromatic carbocycles. The molecule has 0 aromatic rings. The van der Waals surface area contributed by atoms with Crippen molar-refractivity contribution in [1.29, 1.82) is 0 Å². The number of allylic oxidation sites excluding steroid dienone is 3. The van der Waals surface area contributed by atoms with Gasteiger partial charge in [0.05, 0.1) is 17.6 Å². The number of hydrogen-bond acceptors (Lipinski definition) is 10. The normalized spacial score (nSPS) is 31.2. The van der Waals surface area contributed by atoms with E-state index in [1.807, 2.05) is 13.8 Å². The van der Waals surface area contributed by atoms with E-state index < -0.39 is 65.2 Å². The Morgan fingerprint density at radius 1 is 0.950 bits per heavy atom. The van der Waals surface area contributed by atoms with Gasteiger partial charge >= 0.3 is 17.9 Å². The van der Waals surface area contributed by atoms with Crippen LogP contribution < -0.4 is 0 Å². The van der Waals surface area contributed by atoms with Crippen LogP contribution in [0.4, 0.5) is 0 Å². The van der Waals surface area contributed by atoms with Crippen molar-refractivity contribution >= 4 is 23.7 Å². The van der Waals surface area contributed by atoms with Gasteiger partial charge in [-0.1, -0.05) is 24.8 Å². The Kier molecular flexibility index (Phi) is 10.4. The molecule has 1 aliphatic heterocycles. The second-order valence-corrected chi connectivity index (χ2v) is 11.0. The summed E-state index contributed by atoms with van der Waals surface area (Å²) in [6.07, 6.45) is -1.99. The lowest BCUT2D eigenvalue weighted by molar-refractivity contribution is -0.208. The van der Waals surface area contributed by atoms with Gasteiger partial charge in [0.25, 0.3) is 0 Å². The van der Waals surface area contributed by atoms with Crippen LogP contribution in [-0.4, -0.2) is 75.6 Å². The number of aliphatic hydroxyl groups excluding tert-OH is 1. The zero-order chi connectivity index (χ0) is 30.7. The third-order valence-electron chi connectivity index (χ3n) is 7.75. The number of carbonyl (C=O) groups excluding carboxylic acids is 4. The fourth-order valence-corrected chi connectivity index (χ4v) is 4.30. The van der Waals surface area contributed by atoms with Gasteiger partial charge < -0.3 is 29.2 Å². The lowest BCUT2D eigenvalue weighted by Gasteiger charge is -2.47. The maximum Gasteiger partial charge on any atom is 0.334 e. The Morgan fingerprint density at radius 2 is 1.40 bits per heavy atom. The van der Waals surface area contributed by atoms with Gasteiger partial charge in [0.1, 0.15) is 18.3 Å². The molecule has 2 N–H and O–H groups in total. The first-order valence-electron chi connectivity index (χ1n) is 13.3. The van der Waals surface area contributed by atoms with Gasteiger partial charge in [0, 0.05) is 23.1 Å². The predicted molar refractivity (Wildman–Crippen MR) is 146 cm³/mol. The Labute approximate surface area is 235 Å². The summed E-state index contributed by atoms with van der Waals surface area (Å²) in [5.74, 6) is -4.73. The minimum atomic E-state index is -2.45. The highest BCUT2D eigenvalue weighted by atomic mass is 16.6. The van der Waals surface area contributed by atoms with Crippen molar-refractivity contribution in [3.05, 3.63) is 47.1 Å². The van der Waals surface area contributed by atoms with Crippen molar-refractivity contribution in [2.45, 2.75) is 110 Å². The summed E-state index contributed by atoms with van der Waals surface area (Å²) in [5.41, 5.74) is -2.20. The van der Waals surface area contributed by atoms with E-state index in [9.17, 15) is 29.4 Å². The molecule has 2 unspecified atom stereocenters. The van der Waals surface area contributed by atoms with Gasteiger partial charge in [0.2, 0.25) is 5.78 Å². The van der Waals surface area contributed by atoms with Crippen molar-refractivity contribution in [3.8, 4) is 0 Å². The molecule has 10 heteroatoms. The van der Waals surface area contributed by atoms with Crippen molar-refractivity contribution in [2.24, 2.45) is 5.92 Å². The molecule has 0 spiro atoms. The van der Waals surface area contributed by atoms with Crippen molar-refractivity contribution in [2.75, 3.05) is 0 Å². The molecule has 0 radical (unpaired) electrons.